The maximum atomic E-state index is 6.09. The average molecular weight is 283 g/mol. The lowest BCUT2D eigenvalue weighted by Gasteiger charge is -2.44. The Morgan fingerprint density at radius 1 is 1.37 bits per heavy atom. The van der Waals surface area contributed by atoms with Crippen molar-refractivity contribution in [3.63, 3.8) is 0 Å². The summed E-state index contributed by atoms with van der Waals surface area (Å²) in [6.45, 7) is 7.58. The number of anilines is 1. The molecule has 1 fully saturated rings. The molecule has 1 N–H and O–H groups in total. The Hall–Kier alpha value is -0.930. The Bertz CT molecular complexity index is 432. The molecule has 0 unspecified atom stereocenters. The molecule has 0 aliphatic carbocycles. The van der Waals surface area contributed by atoms with Crippen molar-refractivity contribution in [3.05, 3.63) is 23.2 Å². The highest BCUT2D eigenvalue weighted by molar-refractivity contribution is 6.32. The van der Waals surface area contributed by atoms with E-state index in [9.17, 15) is 0 Å². The zero-order valence-corrected chi connectivity index (χ0v) is 12.8. The first-order valence-corrected chi connectivity index (χ1v) is 7.35. The minimum Gasteiger partial charge on any atom is -0.495 e. The summed E-state index contributed by atoms with van der Waals surface area (Å²) in [5, 5.41) is 4.34. The van der Waals surface area contributed by atoms with Gasteiger partial charge < -0.3 is 15.0 Å². The van der Waals surface area contributed by atoms with Gasteiger partial charge in [-0.05, 0) is 25.0 Å². The molecule has 0 aromatic heterocycles. The summed E-state index contributed by atoms with van der Waals surface area (Å²) in [6, 6.07) is 6.02. The zero-order valence-electron chi connectivity index (χ0n) is 12.0. The highest BCUT2D eigenvalue weighted by Gasteiger charge is 2.31. The van der Waals surface area contributed by atoms with Crippen LogP contribution >= 0.6 is 11.6 Å². The number of halogens is 1. The van der Waals surface area contributed by atoms with Crippen molar-refractivity contribution in [1.82, 2.24) is 5.32 Å². The van der Waals surface area contributed by atoms with Gasteiger partial charge in [0, 0.05) is 36.9 Å². The number of benzene rings is 1. The van der Waals surface area contributed by atoms with E-state index in [-0.39, 0.29) is 5.54 Å². The minimum atomic E-state index is 0.227. The topological polar surface area (TPSA) is 24.5 Å². The van der Waals surface area contributed by atoms with Crippen LogP contribution in [0.5, 0.6) is 5.75 Å². The van der Waals surface area contributed by atoms with Gasteiger partial charge in [-0.2, -0.15) is 0 Å². The van der Waals surface area contributed by atoms with Crippen molar-refractivity contribution in [2.75, 3.05) is 31.6 Å². The summed E-state index contributed by atoms with van der Waals surface area (Å²) in [5.74, 6) is 0.747. The molecule has 3 nitrogen and oxygen atoms in total. The van der Waals surface area contributed by atoms with Gasteiger partial charge in [0.2, 0.25) is 0 Å². The Balaban J connectivity index is 2.22. The number of nitrogens with one attached hydrogen (secondary N) is 1. The van der Waals surface area contributed by atoms with Gasteiger partial charge in [-0.15, -0.1) is 0 Å². The molecule has 1 saturated heterocycles. The fourth-order valence-corrected chi connectivity index (χ4v) is 2.94. The van der Waals surface area contributed by atoms with Gasteiger partial charge in [0.1, 0.15) is 5.75 Å². The normalized spacial score (nSPS) is 18.4. The quantitative estimate of drug-likeness (QED) is 0.917. The van der Waals surface area contributed by atoms with Crippen LogP contribution in [0, 0.1) is 0 Å². The highest BCUT2D eigenvalue weighted by atomic mass is 35.5. The molecule has 1 aromatic carbocycles. The molecule has 0 spiro atoms. The molecule has 0 amide bonds. The molecule has 1 aromatic rings. The van der Waals surface area contributed by atoms with Crippen molar-refractivity contribution < 1.29 is 4.74 Å². The van der Waals surface area contributed by atoms with E-state index >= 15 is 0 Å². The van der Waals surface area contributed by atoms with Crippen molar-refractivity contribution in [3.8, 4) is 5.75 Å². The number of nitrogens with zero attached hydrogens (tertiary/aromatic N) is 1. The third-order valence-corrected chi connectivity index (χ3v) is 4.54. The van der Waals surface area contributed by atoms with Gasteiger partial charge in [0.15, 0.2) is 0 Å². The fraction of sp³-hybridized carbons (Fsp3) is 0.600. The van der Waals surface area contributed by atoms with E-state index in [4.69, 9.17) is 16.3 Å². The fourth-order valence-electron chi connectivity index (χ4n) is 2.75. The monoisotopic (exact) mass is 282 g/mol. The van der Waals surface area contributed by atoms with Crippen LogP contribution in [0.15, 0.2) is 18.2 Å². The number of rotatable bonds is 4. The van der Waals surface area contributed by atoms with Gasteiger partial charge in [-0.25, -0.2) is 0 Å². The largest absolute Gasteiger partial charge is 0.495 e. The Morgan fingerprint density at radius 2 is 2.11 bits per heavy atom. The number of ether oxygens (including phenoxy) is 1. The number of hydrogen-bond donors (Lipinski definition) is 1. The number of hydrogen-bond acceptors (Lipinski definition) is 3. The standard InChI is InChI=1S/C15H23ClN2O/c1-4-15(5-2)11-18(9-8-17-15)12-6-7-13(16)14(10-12)19-3/h6-7,10,17H,4-5,8-9,11H2,1-3H3. The van der Waals surface area contributed by atoms with Crippen LogP contribution < -0.4 is 15.0 Å². The van der Waals surface area contributed by atoms with Crippen molar-refractivity contribution in [2.45, 2.75) is 32.2 Å². The first kappa shape index (κ1) is 14.5. The van der Waals surface area contributed by atoms with Crippen LogP contribution in [-0.2, 0) is 0 Å². The van der Waals surface area contributed by atoms with Gasteiger partial charge in [-0.1, -0.05) is 25.4 Å². The first-order chi connectivity index (χ1) is 9.14. The summed E-state index contributed by atoms with van der Waals surface area (Å²) in [4.78, 5) is 2.42. The smallest absolute Gasteiger partial charge is 0.139 e. The Labute approximate surface area is 120 Å². The molecule has 19 heavy (non-hydrogen) atoms. The first-order valence-electron chi connectivity index (χ1n) is 6.97. The molecule has 0 saturated carbocycles. The van der Waals surface area contributed by atoms with E-state index in [1.807, 2.05) is 12.1 Å². The lowest BCUT2D eigenvalue weighted by Crippen LogP contribution is -2.60. The Morgan fingerprint density at radius 3 is 2.74 bits per heavy atom. The van der Waals surface area contributed by atoms with Gasteiger partial charge in [0.25, 0.3) is 0 Å². The van der Waals surface area contributed by atoms with E-state index in [0.29, 0.717) is 5.02 Å². The third-order valence-electron chi connectivity index (χ3n) is 4.23. The molecule has 0 atom stereocenters. The summed E-state index contributed by atoms with van der Waals surface area (Å²) >= 11 is 6.09. The minimum absolute atomic E-state index is 0.227. The second kappa shape index (κ2) is 6.02. The lowest BCUT2D eigenvalue weighted by molar-refractivity contribution is 0.277. The van der Waals surface area contributed by atoms with Crippen LogP contribution in [0.1, 0.15) is 26.7 Å². The number of piperazine rings is 1. The molecular formula is C15H23ClN2O. The number of methoxy groups -OCH3 is 1. The van der Waals surface area contributed by atoms with Gasteiger partial charge in [0.05, 0.1) is 12.1 Å². The van der Waals surface area contributed by atoms with Crippen molar-refractivity contribution >= 4 is 17.3 Å². The van der Waals surface area contributed by atoms with Crippen molar-refractivity contribution in [1.29, 1.82) is 0 Å². The van der Waals surface area contributed by atoms with E-state index in [0.717, 1.165) is 38.2 Å². The molecular weight excluding hydrogens is 260 g/mol. The van der Waals surface area contributed by atoms with E-state index in [1.54, 1.807) is 7.11 Å². The molecule has 2 rings (SSSR count). The maximum Gasteiger partial charge on any atom is 0.139 e. The van der Waals surface area contributed by atoms with Crippen LogP contribution in [-0.4, -0.2) is 32.3 Å². The second-order valence-electron chi connectivity index (χ2n) is 5.15. The SMILES string of the molecule is CCC1(CC)CN(c2ccc(Cl)c(OC)c2)CCN1. The van der Waals surface area contributed by atoms with E-state index in [1.165, 1.54) is 5.69 Å². The summed E-state index contributed by atoms with van der Waals surface area (Å²) in [5.41, 5.74) is 1.42. The predicted molar refractivity (Wildman–Crippen MR) is 81.5 cm³/mol. The van der Waals surface area contributed by atoms with Crippen LogP contribution in [0.4, 0.5) is 5.69 Å². The van der Waals surface area contributed by atoms with E-state index in [2.05, 4.69) is 30.1 Å². The molecule has 106 valence electrons. The Kier molecular flexibility index (Phi) is 4.58. The highest BCUT2D eigenvalue weighted by Crippen LogP contribution is 2.31. The summed E-state index contributed by atoms with van der Waals surface area (Å²) in [6.07, 6.45) is 2.29. The third kappa shape index (κ3) is 2.98. The second-order valence-corrected chi connectivity index (χ2v) is 5.56. The lowest BCUT2D eigenvalue weighted by atomic mass is 9.90. The van der Waals surface area contributed by atoms with Crippen molar-refractivity contribution in [2.24, 2.45) is 0 Å². The molecule has 1 aliphatic heterocycles. The van der Waals surface area contributed by atoms with Crippen LogP contribution in [0.3, 0.4) is 0 Å². The molecule has 1 heterocycles. The average Bonchev–Trinajstić information content (AvgIpc) is 2.47. The summed E-state index contributed by atoms with van der Waals surface area (Å²) in [7, 11) is 1.66. The van der Waals surface area contributed by atoms with Gasteiger partial charge >= 0.3 is 0 Å². The van der Waals surface area contributed by atoms with E-state index < -0.39 is 0 Å². The molecule has 0 bridgehead atoms. The molecule has 1 aliphatic rings. The predicted octanol–water partition coefficient (Wildman–Crippen LogP) is 3.32. The van der Waals surface area contributed by atoms with Crippen LogP contribution in [0.2, 0.25) is 5.02 Å². The summed E-state index contributed by atoms with van der Waals surface area (Å²) < 4.78 is 5.31. The van der Waals surface area contributed by atoms with Crippen LogP contribution in [0.25, 0.3) is 0 Å². The van der Waals surface area contributed by atoms with Gasteiger partial charge in [-0.3, -0.25) is 0 Å². The maximum absolute atomic E-state index is 6.09. The molecule has 0 radical (unpaired) electrons. The zero-order chi connectivity index (χ0) is 13.9. The molecule has 4 heteroatoms.